The number of amides is 1. The van der Waals surface area contributed by atoms with Crippen molar-refractivity contribution in [3.63, 3.8) is 0 Å². The quantitative estimate of drug-likeness (QED) is 0.626. The number of alkyl halides is 1. The Morgan fingerprint density at radius 3 is 2.94 bits per heavy atom. The molecule has 1 unspecified atom stereocenters. The number of hydrogen-bond acceptors (Lipinski definition) is 3. The molecule has 0 spiro atoms. The van der Waals surface area contributed by atoms with Crippen LogP contribution in [0.1, 0.15) is 16.8 Å². The van der Waals surface area contributed by atoms with Gasteiger partial charge in [-0.3, -0.25) is 14.5 Å². The van der Waals surface area contributed by atoms with Gasteiger partial charge in [-0.05, 0) is 12.0 Å². The van der Waals surface area contributed by atoms with Gasteiger partial charge in [-0.1, -0.05) is 11.6 Å². The number of hydrogen-bond donors (Lipinski definition) is 0. The lowest BCUT2D eigenvalue weighted by molar-refractivity contribution is -0.117. The highest BCUT2D eigenvalue weighted by Gasteiger charge is 2.32. The summed E-state index contributed by atoms with van der Waals surface area (Å²) >= 11 is 11.6. The smallest absolute Gasteiger partial charge is 0.228 e. The highest BCUT2D eigenvalue weighted by Crippen LogP contribution is 2.29. The summed E-state index contributed by atoms with van der Waals surface area (Å²) < 4.78 is 0. The number of carbonyl (C=O) groups is 2. The van der Waals surface area contributed by atoms with Gasteiger partial charge in [0.05, 0.1) is 10.6 Å². The summed E-state index contributed by atoms with van der Waals surface area (Å²) in [6.45, 7) is 0.483. The zero-order valence-electron chi connectivity index (χ0n) is 8.90. The number of pyridine rings is 1. The first-order valence-corrected chi connectivity index (χ1v) is 6.04. The van der Waals surface area contributed by atoms with Gasteiger partial charge in [0.2, 0.25) is 5.91 Å². The average molecular weight is 273 g/mol. The maximum absolute atomic E-state index is 11.8. The molecule has 17 heavy (non-hydrogen) atoms. The summed E-state index contributed by atoms with van der Waals surface area (Å²) in [6.07, 6.45) is 2.48. The monoisotopic (exact) mass is 272 g/mol. The minimum Gasteiger partial charge on any atom is -0.298 e. The van der Waals surface area contributed by atoms with Crippen molar-refractivity contribution in [3.8, 4) is 0 Å². The number of anilines is 1. The fraction of sp³-hybridized carbons (Fsp3) is 0.364. The van der Waals surface area contributed by atoms with E-state index in [-0.39, 0.29) is 17.4 Å². The zero-order chi connectivity index (χ0) is 12.4. The van der Waals surface area contributed by atoms with E-state index in [0.717, 1.165) is 0 Å². The second kappa shape index (κ2) is 5.02. The summed E-state index contributed by atoms with van der Waals surface area (Å²) in [6, 6.07) is 1.52. The lowest BCUT2D eigenvalue weighted by atomic mass is 10.1. The molecule has 1 aliphatic rings. The molecule has 1 saturated heterocycles. The van der Waals surface area contributed by atoms with Crippen LogP contribution in [0, 0.1) is 5.92 Å². The van der Waals surface area contributed by atoms with Crippen LogP contribution in [0.2, 0.25) is 5.02 Å². The highest BCUT2D eigenvalue weighted by molar-refractivity contribution is 6.33. The van der Waals surface area contributed by atoms with Gasteiger partial charge in [0.1, 0.15) is 5.82 Å². The third kappa shape index (κ3) is 2.28. The van der Waals surface area contributed by atoms with E-state index in [1.165, 1.54) is 17.2 Å². The van der Waals surface area contributed by atoms with Gasteiger partial charge in [0.15, 0.2) is 6.29 Å². The van der Waals surface area contributed by atoms with Gasteiger partial charge in [0.25, 0.3) is 0 Å². The Morgan fingerprint density at radius 1 is 1.59 bits per heavy atom. The Hall–Kier alpha value is -1.13. The molecule has 2 heterocycles. The van der Waals surface area contributed by atoms with Crippen molar-refractivity contribution in [2.75, 3.05) is 17.3 Å². The Morgan fingerprint density at radius 2 is 2.35 bits per heavy atom. The Balaban J connectivity index is 2.38. The molecule has 1 atom stereocenters. The van der Waals surface area contributed by atoms with Crippen LogP contribution in [-0.4, -0.2) is 29.6 Å². The molecule has 0 radical (unpaired) electrons. The molecule has 0 N–H and O–H groups in total. The predicted octanol–water partition coefficient (Wildman–Crippen LogP) is 2.14. The summed E-state index contributed by atoms with van der Waals surface area (Å²) in [7, 11) is 0. The molecule has 1 aromatic rings. The van der Waals surface area contributed by atoms with E-state index in [1.54, 1.807) is 0 Å². The minimum absolute atomic E-state index is 0.0754. The molecule has 0 bridgehead atoms. The van der Waals surface area contributed by atoms with E-state index < -0.39 is 0 Å². The predicted molar refractivity (Wildman–Crippen MR) is 65.8 cm³/mol. The van der Waals surface area contributed by atoms with E-state index in [1.807, 2.05) is 0 Å². The number of halogens is 2. The zero-order valence-corrected chi connectivity index (χ0v) is 10.4. The number of carbonyl (C=O) groups excluding carboxylic acids is 2. The number of rotatable bonds is 3. The largest absolute Gasteiger partial charge is 0.298 e. The van der Waals surface area contributed by atoms with Crippen LogP contribution in [0.4, 0.5) is 5.82 Å². The van der Waals surface area contributed by atoms with Crippen LogP contribution in [-0.2, 0) is 4.79 Å². The third-order valence-electron chi connectivity index (χ3n) is 2.71. The van der Waals surface area contributed by atoms with E-state index in [4.69, 9.17) is 23.2 Å². The third-order valence-corrected chi connectivity index (χ3v) is 3.48. The summed E-state index contributed by atoms with van der Waals surface area (Å²) in [5, 5.41) is 0.298. The van der Waals surface area contributed by atoms with Crippen molar-refractivity contribution in [2.45, 2.75) is 6.42 Å². The van der Waals surface area contributed by atoms with E-state index >= 15 is 0 Å². The molecule has 1 amide bonds. The molecular weight excluding hydrogens is 263 g/mol. The Bertz CT molecular complexity index is 465. The van der Waals surface area contributed by atoms with Gasteiger partial charge in [-0.15, -0.1) is 11.6 Å². The second-order valence-electron chi connectivity index (χ2n) is 3.88. The van der Waals surface area contributed by atoms with Crippen LogP contribution in [0.5, 0.6) is 0 Å². The van der Waals surface area contributed by atoms with Gasteiger partial charge >= 0.3 is 0 Å². The molecule has 90 valence electrons. The van der Waals surface area contributed by atoms with E-state index in [2.05, 4.69) is 4.98 Å². The van der Waals surface area contributed by atoms with Crippen molar-refractivity contribution in [3.05, 3.63) is 22.8 Å². The lowest BCUT2D eigenvalue weighted by Gasteiger charge is -2.17. The van der Waals surface area contributed by atoms with Crippen molar-refractivity contribution in [1.29, 1.82) is 0 Å². The van der Waals surface area contributed by atoms with Crippen molar-refractivity contribution >= 4 is 41.2 Å². The second-order valence-corrected chi connectivity index (χ2v) is 4.59. The molecule has 4 nitrogen and oxygen atoms in total. The standard InChI is InChI=1S/C11H10Cl2N2O2/c12-4-7-3-10(17)15(5-7)11-8(6-16)9(13)1-2-14-11/h1-2,6-7H,3-5H2. The van der Waals surface area contributed by atoms with Crippen molar-refractivity contribution in [1.82, 2.24) is 4.98 Å². The van der Waals surface area contributed by atoms with E-state index in [0.29, 0.717) is 36.0 Å². The molecule has 1 aliphatic heterocycles. The van der Waals surface area contributed by atoms with Crippen LogP contribution in [0.25, 0.3) is 0 Å². The summed E-state index contributed by atoms with van der Waals surface area (Å²) in [5.41, 5.74) is 0.248. The molecule has 0 saturated carbocycles. The maximum Gasteiger partial charge on any atom is 0.228 e. The van der Waals surface area contributed by atoms with Crippen LogP contribution >= 0.6 is 23.2 Å². The molecule has 6 heteroatoms. The molecule has 0 aromatic carbocycles. The van der Waals surface area contributed by atoms with Gasteiger partial charge in [0, 0.05) is 25.0 Å². The van der Waals surface area contributed by atoms with Gasteiger partial charge in [-0.2, -0.15) is 0 Å². The number of aldehydes is 1. The van der Waals surface area contributed by atoms with Gasteiger partial charge in [-0.25, -0.2) is 4.98 Å². The van der Waals surface area contributed by atoms with Crippen LogP contribution in [0.3, 0.4) is 0 Å². The number of aromatic nitrogens is 1. The Kier molecular flexibility index (Phi) is 3.64. The summed E-state index contributed by atoms with van der Waals surface area (Å²) in [4.78, 5) is 28.3. The van der Waals surface area contributed by atoms with Crippen LogP contribution in [0.15, 0.2) is 12.3 Å². The van der Waals surface area contributed by atoms with Crippen molar-refractivity contribution < 1.29 is 9.59 Å². The molecular formula is C11H10Cl2N2O2. The average Bonchev–Trinajstić information content (AvgIpc) is 2.70. The fourth-order valence-electron chi connectivity index (χ4n) is 1.85. The van der Waals surface area contributed by atoms with E-state index in [9.17, 15) is 9.59 Å². The molecule has 2 rings (SSSR count). The Labute approximate surface area is 109 Å². The minimum atomic E-state index is -0.0754. The number of nitrogens with zero attached hydrogens (tertiary/aromatic N) is 2. The molecule has 1 fully saturated rings. The SMILES string of the molecule is O=Cc1c(Cl)ccnc1N1CC(CCl)CC1=O. The van der Waals surface area contributed by atoms with Gasteiger partial charge < -0.3 is 0 Å². The van der Waals surface area contributed by atoms with Crippen LogP contribution < -0.4 is 4.90 Å². The first-order chi connectivity index (χ1) is 8.17. The lowest BCUT2D eigenvalue weighted by Crippen LogP contribution is -2.27. The first-order valence-electron chi connectivity index (χ1n) is 5.13. The molecule has 0 aliphatic carbocycles. The summed E-state index contributed by atoms with van der Waals surface area (Å²) in [5.74, 6) is 0.766. The highest BCUT2D eigenvalue weighted by atomic mass is 35.5. The van der Waals surface area contributed by atoms with Crippen molar-refractivity contribution in [2.24, 2.45) is 5.92 Å². The topological polar surface area (TPSA) is 50.3 Å². The first kappa shape index (κ1) is 12.3. The maximum atomic E-state index is 11.8. The normalized spacial score (nSPS) is 19.8. The fourth-order valence-corrected chi connectivity index (χ4v) is 2.25. The molecule has 1 aromatic heterocycles.